The van der Waals surface area contributed by atoms with Crippen molar-refractivity contribution in [3.63, 3.8) is 0 Å². The lowest BCUT2D eigenvalue weighted by atomic mass is 10.1. The van der Waals surface area contributed by atoms with Crippen LogP contribution in [-0.2, 0) is 4.79 Å². The lowest BCUT2D eigenvalue weighted by Gasteiger charge is -2.10. The number of rotatable bonds is 4. The molecular weight excluding hydrogens is 300 g/mol. The number of nitrogens with one attached hydrogen (secondary N) is 1. The van der Waals surface area contributed by atoms with Crippen molar-refractivity contribution >= 4 is 33.5 Å². The minimum atomic E-state index is -1.09. The SMILES string of the molecule is C#CCC(N)C(=O)Nc1ccc(Br)c(C(=O)O)c1. The summed E-state index contributed by atoms with van der Waals surface area (Å²) in [7, 11) is 0. The summed E-state index contributed by atoms with van der Waals surface area (Å²) < 4.78 is 0.431. The molecule has 0 saturated carbocycles. The highest BCUT2D eigenvalue weighted by Gasteiger charge is 2.14. The molecule has 0 aliphatic carbocycles. The molecule has 0 aliphatic heterocycles. The lowest BCUT2D eigenvalue weighted by Crippen LogP contribution is -2.35. The van der Waals surface area contributed by atoms with Crippen LogP contribution in [0.25, 0.3) is 0 Å². The Labute approximate surface area is 112 Å². The normalized spacial score (nSPS) is 11.4. The van der Waals surface area contributed by atoms with Crippen molar-refractivity contribution in [1.29, 1.82) is 0 Å². The zero-order chi connectivity index (χ0) is 13.7. The van der Waals surface area contributed by atoms with Crippen LogP contribution >= 0.6 is 15.9 Å². The largest absolute Gasteiger partial charge is 0.478 e. The molecule has 0 radical (unpaired) electrons. The fraction of sp³-hybridized carbons (Fsp3) is 0.167. The Kier molecular flexibility index (Phi) is 4.89. The van der Waals surface area contributed by atoms with Crippen LogP contribution in [0.2, 0.25) is 0 Å². The summed E-state index contributed by atoms with van der Waals surface area (Å²) in [6.45, 7) is 0. The van der Waals surface area contributed by atoms with Gasteiger partial charge in [-0.05, 0) is 34.1 Å². The van der Waals surface area contributed by atoms with E-state index in [4.69, 9.17) is 17.3 Å². The van der Waals surface area contributed by atoms with Crippen molar-refractivity contribution in [2.45, 2.75) is 12.5 Å². The van der Waals surface area contributed by atoms with Gasteiger partial charge in [-0.15, -0.1) is 12.3 Å². The van der Waals surface area contributed by atoms with Crippen molar-refractivity contribution in [1.82, 2.24) is 0 Å². The van der Waals surface area contributed by atoms with Gasteiger partial charge >= 0.3 is 5.97 Å². The van der Waals surface area contributed by atoms with Crippen LogP contribution in [0.5, 0.6) is 0 Å². The van der Waals surface area contributed by atoms with E-state index in [-0.39, 0.29) is 12.0 Å². The number of hydrogen-bond donors (Lipinski definition) is 3. The predicted octanol–water partition coefficient (Wildman–Crippen LogP) is 1.44. The molecule has 1 unspecified atom stereocenters. The molecule has 94 valence electrons. The minimum Gasteiger partial charge on any atom is -0.478 e. The number of anilines is 1. The number of carbonyl (C=O) groups excluding carboxylic acids is 1. The van der Waals surface area contributed by atoms with E-state index in [1.165, 1.54) is 12.1 Å². The summed E-state index contributed by atoms with van der Waals surface area (Å²) in [5.41, 5.74) is 5.93. The minimum absolute atomic E-state index is 0.0540. The third kappa shape index (κ3) is 3.58. The number of halogens is 1. The fourth-order valence-corrected chi connectivity index (χ4v) is 1.64. The van der Waals surface area contributed by atoms with Crippen molar-refractivity contribution in [2.24, 2.45) is 5.73 Å². The van der Waals surface area contributed by atoms with Gasteiger partial charge in [0, 0.05) is 16.6 Å². The summed E-state index contributed by atoms with van der Waals surface area (Å²) >= 11 is 3.11. The topological polar surface area (TPSA) is 92.4 Å². The van der Waals surface area contributed by atoms with Gasteiger partial charge in [-0.1, -0.05) is 0 Å². The Hall–Kier alpha value is -1.84. The average molecular weight is 311 g/mol. The van der Waals surface area contributed by atoms with Crippen molar-refractivity contribution < 1.29 is 14.7 Å². The van der Waals surface area contributed by atoms with Gasteiger partial charge in [-0.2, -0.15) is 0 Å². The molecule has 0 bridgehead atoms. The predicted molar refractivity (Wildman–Crippen MR) is 71.2 cm³/mol. The van der Waals surface area contributed by atoms with Gasteiger partial charge in [-0.3, -0.25) is 4.79 Å². The first-order valence-corrected chi connectivity index (χ1v) is 5.77. The van der Waals surface area contributed by atoms with Gasteiger partial charge in [0.15, 0.2) is 0 Å². The van der Waals surface area contributed by atoms with Gasteiger partial charge in [0.1, 0.15) is 0 Å². The van der Waals surface area contributed by atoms with E-state index in [2.05, 4.69) is 27.2 Å². The molecule has 0 saturated heterocycles. The summed E-state index contributed by atoms with van der Waals surface area (Å²) in [6, 6.07) is 3.63. The molecule has 0 aliphatic rings. The number of hydrogen-bond acceptors (Lipinski definition) is 3. The van der Waals surface area contributed by atoms with E-state index in [1.807, 2.05) is 0 Å². The van der Waals surface area contributed by atoms with E-state index in [0.29, 0.717) is 10.2 Å². The third-order valence-corrected chi connectivity index (χ3v) is 2.83. The van der Waals surface area contributed by atoms with Crippen LogP contribution in [0, 0.1) is 12.3 Å². The number of aromatic carboxylic acids is 1. The Morgan fingerprint density at radius 3 is 2.78 bits per heavy atom. The molecule has 1 aromatic rings. The average Bonchev–Trinajstić information content (AvgIpc) is 2.31. The summed E-state index contributed by atoms with van der Waals surface area (Å²) in [5.74, 6) is 0.741. The van der Waals surface area contributed by atoms with Gasteiger partial charge in [0.25, 0.3) is 0 Å². The first-order chi connectivity index (χ1) is 8.45. The van der Waals surface area contributed by atoms with E-state index in [1.54, 1.807) is 6.07 Å². The molecule has 0 fully saturated rings. The van der Waals surface area contributed by atoms with Crippen LogP contribution in [0.3, 0.4) is 0 Å². The third-order valence-electron chi connectivity index (χ3n) is 2.14. The van der Waals surface area contributed by atoms with Crippen LogP contribution < -0.4 is 11.1 Å². The maximum Gasteiger partial charge on any atom is 0.336 e. The fourth-order valence-electron chi connectivity index (χ4n) is 1.22. The molecule has 1 atom stereocenters. The van der Waals surface area contributed by atoms with Crippen molar-refractivity contribution in [3.05, 3.63) is 28.2 Å². The second-order valence-corrected chi connectivity index (χ2v) is 4.36. The van der Waals surface area contributed by atoms with Crippen molar-refractivity contribution in [2.75, 3.05) is 5.32 Å². The smallest absolute Gasteiger partial charge is 0.336 e. The molecule has 5 nitrogen and oxygen atoms in total. The Morgan fingerprint density at radius 1 is 1.56 bits per heavy atom. The second-order valence-electron chi connectivity index (χ2n) is 3.50. The zero-order valence-corrected chi connectivity index (χ0v) is 10.9. The number of benzene rings is 1. The highest BCUT2D eigenvalue weighted by atomic mass is 79.9. The lowest BCUT2D eigenvalue weighted by molar-refractivity contribution is -0.117. The number of amides is 1. The van der Waals surface area contributed by atoms with E-state index in [0.717, 1.165) is 0 Å². The monoisotopic (exact) mass is 310 g/mol. The number of carbonyl (C=O) groups is 2. The summed E-state index contributed by atoms with van der Waals surface area (Å²) in [5, 5.41) is 11.4. The number of terminal acetylenes is 1. The van der Waals surface area contributed by atoms with Crippen LogP contribution in [0.4, 0.5) is 5.69 Å². The number of carboxylic acids is 1. The standard InChI is InChI=1S/C12H11BrN2O3/c1-2-3-10(14)11(16)15-7-4-5-9(13)8(6-7)12(17)18/h1,4-6,10H,3,14H2,(H,15,16)(H,17,18). The van der Waals surface area contributed by atoms with Crippen LogP contribution in [0.15, 0.2) is 22.7 Å². The first kappa shape index (κ1) is 14.2. The van der Waals surface area contributed by atoms with E-state index >= 15 is 0 Å². The molecular formula is C12H11BrN2O3. The quantitative estimate of drug-likeness (QED) is 0.734. The molecule has 1 amide bonds. The maximum absolute atomic E-state index is 11.6. The second kappa shape index (κ2) is 6.19. The molecule has 6 heteroatoms. The Bertz CT molecular complexity index is 523. The van der Waals surface area contributed by atoms with Gasteiger partial charge in [0.05, 0.1) is 11.6 Å². The van der Waals surface area contributed by atoms with Gasteiger partial charge in [-0.25, -0.2) is 4.79 Å². The Morgan fingerprint density at radius 2 is 2.22 bits per heavy atom. The number of carboxylic acid groups (broad SMARTS) is 1. The van der Waals surface area contributed by atoms with Crippen molar-refractivity contribution in [3.8, 4) is 12.3 Å². The van der Waals surface area contributed by atoms with Gasteiger partial charge in [0.2, 0.25) is 5.91 Å². The zero-order valence-electron chi connectivity index (χ0n) is 9.31. The van der Waals surface area contributed by atoms with Crippen LogP contribution in [-0.4, -0.2) is 23.0 Å². The highest BCUT2D eigenvalue weighted by molar-refractivity contribution is 9.10. The molecule has 0 aromatic heterocycles. The van der Waals surface area contributed by atoms with Gasteiger partial charge < -0.3 is 16.2 Å². The van der Waals surface area contributed by atoms with Crippen LogP contribution in [0.1, 0.15) is 16.8 Å². The highest BCUT2D eigenvalue weighted by Crippen LogP contribution is 2.21. The molecule has 1 rings (SSSR count). The van der Waals surface area contributed by atoms with E-state index < -0.39 is 17.9 Å². The molecule has 0 spiro atoms. The molecule has 18 heavy (non-hydrogen) atoms. The van der Waals surface area contributed by atoms with E-state index in [9.17, 15) is 9.59 Å². The molecule has 0 heterocycles. The molecule has 4 N–H and O–H groups in total. The summed E-state index contributed by atoms with van der Waals surface area (Å²) in [4.78, 5) is 22.5. The summed E-state index contributed by atoms with van der Waals surface area (Å²) in [6.07, 6.45) is 5.17. The molecule has 1 aromatic carbocycles. The maximum atomic E-state index is 11.6. The number of nitrogens with two attached hydrogens (primary N) is 1. The Balaban J connectivity index is 2.86. The first-order valence-electron chi connectivity index (χ1n) is 4.98.